The molecule has 0 unspecified atom stereocenters. The second-order valence-electron chi connectivity index (χ2n) is 12.5. The second-order valence-corrected chi connectivity index (χ2v) is 13.4. The molecule has 1 aromatic rings. The standard InChI is InChI=1S/C30H39BrN2O5/c1-18-24(27(35)37-17-19-10-12-33(13-11-19)28(36)38-29(2,3)4)25(20-8-7-9-21(31)14-20)26-22(32-18)15-30(5,6)16-23(26)34/h7-9,14,19,25,32H,10-13,15-17H2,1-6H3/t25-/m1/s1. The Kier molecular flexibility index (Phi) is 8.12. The Hall–Kier alpha value is -2.61. The van der Waals surface area contributed by atoms with Gasteiger partial charge in [-0.3, -0.25) is 4.79 Å². The molecule has 1 fully saturated rings. The third kappa shape index (κ3) is 6.50. The average Bonchev–Trinajstić information content (AvgIpc) is 2.80. The van der Waals surface area contributed by atoms with Crippen molar-refractivity contribution in [3.8, 4) is 0 Å². The number of rotatable bonds is 4. The Balaban J connectivity index is 1.49. The van der Waals surface area contributed by atoms with Gasteiger partial charge in [0.15, 0.2) is 5.78 Å². The topological polar surface area (TPSA) is 84.9 Å². The molecule has 0 radical (unpaired) electrons. The van der Waals surface area contributed by atoms with Gasteiger partial charge in [0.2, 0.25) is 0 Å². The van der Waals surface area contributed by atoms with Crippen molar-refractivity contribution in [3.05, 3.63) is 56.8 Å². The fourth-order valence-electron chi connectivity index (χ4n) is 5.61. The Morgan fingerprint density at radius 3 is 2.47 bits per heavy atom. The fourth-order valence-corrected chi connectivity index (χ4v) is 6.02. The van der Waals surface area contributed by atoms with Gasteiger partial charge in [0, 0.05) is 46.9 Å². The van der Waals surface area contributed by atoms with Crippen LogP contribution in [0.3, 0.4) is 0 Å². The van der Waals surface area contributed by atoms with Gasteiger partial charge in [-0.15, -0.1) is 0 Å². The summed E-state index contributed by atoms with van der Waals surface area (Å²) >= 11 is 3.55. The highest BCUT2D eigenvalue weighted by molar-refractivity contribution is 9.10. The average molecular weight is 588 g/mol. The molecular formula is C30H39BrN2O5. The van der Waals surface area contributed by atoms with Crippen molar-refractivity contribution in [2.45, 2.75) is 78.7 Å². The lowest BCUT2D eigenvalue weighted by molar-refractivity contribution is -0.141. The summed E-state index contributed by atoms with van der Waals surface area (Å²) in [5.41, 5.74) is 3.00. The minimum absolute atomic E-state index is 0.0704. The van der Waals surface area contributed by atoms with Crippen LogP contribution in [0, 0.1) is 11.3 Å². The van der Waals surface area contributed by atoms with Crippen molar-refractivity contribution in [1.29, 1.82) is 0 Å². The van der Waals surface area contributed by atoms with Gasteiger partial charge in [-0.25, -0.2) is 9.59 Å². The van der Waals surface area contributed by atoms with Crippen LogP contribution in [0.25, 0.3) is 0 Å². The molecule has 1 amide bonds. The predicted molar refractivity (Wildman–Crippen MR) is 149 cm³/mol. The summed E-state index contributed by atoms with van der Waals surface area (Å²) in [5, 5.41) is 3.39. The Labute approximate surface area is 234 Å². The summed E-state index contributed by atoms with van der Waals surface area (Å²) < 4.78 is 12.3. The van der Waals surface area contributed by atoms with E-state index in [1.807, 2.05) is 52.0 Å². The highest BCUT2D eigenvalue weighted by Gasteiger charge is 2.43. The Morgan fingerprint density at radius 1 is 1.16 bits per heavy atom. The SMILES string of the molecule is CC1=C(C(=O)OCC2CCN(C(=O)OC(C)(C)C)CC2)[C@@H](c2cccc(Br)c2)C2=C(CC(C)(C)CC2=O)N1. The minimum atomic E-state index is -0.529. The molecular weight excluding hydrogens is 548 g/mol. The van der Waals surface area contributed by atoms with Crippen LogP contribution in [-0.2, 0) is 19.1 Å². The van der Waals surface area contributed by atoms with Gasteiger partial charge >= 0.3 is 12.1 Å². The second kappa shape index (κ2) is 10.9. The molecule has 2 heterocycles. The zero-order valence-corrected chi connectivity index (χ0v) is 24.9. The highest BCUT2D eigenvalue weighted by atomic mass is 79.9. The number of Topliss-reactive ketones (excluding diaryl/α,β-unsaturated/α-hetero) is 1. The normalized spacial score (nSPS) is 22.1. The lowest BCUT2D eigenvalue weighted by Gasteiger charge is -2.39. The highest BCUT2D eigenvalue weighted by Crippen LogP contribution is 2.47. The first-order valence-electron chi connectivity index (χ1n) is 13.4. The van der Waals surface area contributed by atoms with Gasteiger partial charge in [-0.05, 0) is 76.0 Å². The number of hydrogen-bond donors (Lipinski definition) is 1. The summed E-state index contributed by atoms with van der Waals surface area (Å²) in [6.45, 7) is 13.1. The van der Waals surface area contributed by atoms with Crippen molar-refractivity contribution < 1.29 is 23.9 Å². The van der Waals surface area contributed by atoms with Crippen LogP contribution in [0.1, 0.15) is 78.7 Å². The van der Waals surface area contributed by atoms with E-state index in [1.165, 1.54) is 0 Å². The van der Waals surface area contributed by atoms with Crippen molar-refractivity contribution in [3.63, 3.8) is 0 Å². The van der Waals surface area contributed by atoms with E-state index in [4.69, 9.17) is 9.47 Å². The molecule has 206 valence electrons. The van der Waals surface area contributed by atoms with Gasteiger partial charge in [-0.2, -0.15) is 0 Å². The number of carbonyl (C=O) groups excluding carboxylic acids is 3. The third-order valence-electron chi connectivity index (χ3n) is 7.36. The number of nitrogens with zero attached hydrogens (tertiary/aromatic N) is 1. The van der Waals surface area contributed by atoms with E-state index in [0.717, 1.165) is 40.7 Å². The molecule has 3 aliphatic rings. The van der Waals surface area contributed by atoms with Crippen molar-refractivity contribution in [1.82, 2.24) is 10.2 Å². The molecule has 0 bridgehead atoms. The quantitative estimate of drug-likeness (QED) is 0.420. The van der Waals surface area contributed by atoms with Crippen LogP contribution >= 0.6 is 15.9 Å². The van der Waals surface area contributed by atoms with E-state index < -0.39 is 17.5 Å². The molecule has 4 rings (SSSR count). The van der Waals surface area contributed by atoms with E-state index >= 15 is 0 Å². The number of esters is 1. The lowest BCUT2D eigenvalue weighted by Crippen LogP contribution is -2.42. The van der Waals surface area contributed by atoms with Gasteiger partial charge in [-0.1, -0.05) is 41.9 Å². The fraction of sp³-hybridized carbons (Fsp3) is 0.567. The molecule has 0 spiro atoms. The number of ketones is 1. The summed E-state index contributed by atoms with van der Waals surface area (Å²) in [4.78, 5) is 41.1. The van der Waals surface area contributed by atoms with Gasteiger partial charge < -0.3 is 19.7 Å². The van der Waals surface area contributed by atoms with E-state index in [-0.39, 0.29) is 29.8 Å². The summed E-state index contributed by atoms with van der Waals surface area (Å²) in [6, 6.07) is 7.80. The van der Waals surface area contributed by atoms with Crippen molar-refractivity contribution >= 4 is 33.8 Å². The number of carbonyl (C=O) groups is 3. The number of likely N-dealkylation sites (tertiary alicyclic amines) is 1. The van der Waals surface area contributed by atoms with E-state index in [9.17, 15) is 14.4 Å². The molecule has 1 aromatic carbocycles. The molecule has 1 aliphatic carbocycles. The minimum Gasteiger partial charge on any atom is -0.462 e. The lowest BCUT2D eigenvalue weighted by atomic mass is 9.68. The zero-order valence-electron chi connectivity index (χ0n) is 23.3. The first kappa shape index (κ1) is 28.4. The van der Waals surface area contributed by atoms with E-state index in [1.54, 1.807) is 4.90 Å². The maximum absolute atomic E-state index is 13.6. The molecule has 0 aromatic heterocycles. The Morgan fingerprint density at radius 2 is 1.84 bits per heavy atom. The van der Waals surface area contributed by atoms with Gasteiger partial charge in [0.1, 0.15) is 5.60 Å². The molecule has 1 atom stereocenters. The number of piperidine rings is 1. The number of dihydropyridines is 1. The molecule has 1 saturated heterocycles. The van der Waals surface area contributed by atoms with Crippen LogP contribution in [0.5, 0.6) is 0 Å². The smallest absolute Gasteiger partial charge is 0.410 e. The van der Waals surface area contributed by atoms with Gasteiger partial charge in [0.05, 0.1) is 12.2 Å². The number of ether oxygens (including phenoxy) is 2. The van der Waals surface area contributed by atoms with Crippen LogP contribution < -0.4 is 5.32 Å². The molecule has 38 heavy (non-hydrogen) atoms. The number of amides is 1. The molecule has 8 heteroatoms. The van der Waals surface area contributed by atoms with E-state index in [2.05, 4.69) is 35.1 Å². The van der Waals surface area contributed by atoms with Gasteiger partial charge in [0.25, 0.3) is 0 Å². The zero-order chi connectivity index (χ0) is 27.8. The summed E-state index contributed by atoms with van der Waals surface area (Å²) in [7, 11) is 0. The van der Waals surface area contributed by atoms with Crippen LogP contribution in [0.2, 0.25) is 0 Å². The number of halogens is 1. The van der Waals surface area contributed by atoms with Crippen molar-refractivity contribution in [2.24, 2.45) is 11.3 Å². The van der Waals surface area contributed by atoms with Crippen LogP contribution in [0.15, 0.2) is 51.3 Å². The molecule has 7 nitrogen and oxygen atoms in total. The first-order chi connectivity index (χ1) is 17.7. The number of hydrogen-bond acceptors (Lipinski definition) is 6. The van der Waals surface area contributed by atoms with Crippen molar-refractivity contribution in [2.75, 3.05) is 19.7 Å². The largest absolute Gasteiger partial charge is 0.462 e. The van der Waals surface area contributed by atoms with E-state index in [0.29, 0.717) is 30.7 Å². The molecule has 2 aliphatic heterocycles. The summed E-state index contributed by atoms with van der Waals surface area (Å²) in [5.74, 6) is -0.653. The monoisotopic (exact) mass is 586 g/mol. The molecule has 1 N–H and O–H groups in total. The number of benzene rings is 1. The van der Waals surface area contributed by atoms with Crippen LogP contribution in [-0.4, -0.2) is 48.0 Å². The Bertz CT molecular complexity index is 1190. The summed E-state index contributed by atoms with van der Waals surface area (Å²) in [6.07, 6.45) is 2.36. The van der Waals surface area contributed by atoms with Crippen LogP contribution in [0.4, 0.5) is 4.79 Å². The molecule has 0 saturated carbocycles. The number of nitrogens with one attached hydrogen (secondary N) is 1. The number of allylic oxidation sites excluding steroid dienone is 3. The maximum Gasteiger partial charge on any atom is 0.410 e. The predicted octanol–water partition coefficient (Wildman–Crippen LogP) is 6.24. The third-order valence-corrected chi connectivity index (χ3v) is 7.85. The first-order valence-corrected chi connectivity index (χ1v) is 14.2. The maximum atomic E-state index is 13.6.